The van der Waals surface area contributed by atoms with Crippen molar-refractivity contribution in [1.82, 2.24) is 0 Å². The van der Waals surface area contributed by atoms with Gasteiger partial charge in [0.05, 0.1) is 19.8 Å². The standard InChI is InChI=1S/C7H10F2N3O3/c8-7(9,4-11-12-10)6-3-14-5(1-13)2-15-6/h5-6H,1-4H2. The molecule has 0 aliphatic carbocycles. The van der Waals surface area contributed by atoms with Crippen LogP contribution >= 0.6 is 0 Å². The molecule has 85 valence electrons. The Morgan fingerprint density at radius 2 is 2.20 bits per heavy atom. The van der Waals surface area contributed by atoms with Gasteiger partial charge in [0, 0.05) is 4.91 Å². The summed E-state index contributed by atoms with van der Waals surface area (Å²) < 4.78 is 36.0. The summed E-state index contributed by atoms with van der Waals surface area (Å²) in [7, 11) is 0. The third-order valence-electron chi connectivity index (χ3n) is 1.97. The fourth-order valence-electron chi connectivity index (χ4n) is 1.11. The van der Waals surface area contributed by atoms with Gasteiger partial charge in [-0.2, -0.15) is 0 Å². The van der Waals surface area contributed by atoms with Gasteiger partial charge in [-0.05, 0) is 5.53 Å². The molecule has 0 aromatic carbocycles. The summed E-state index contributed by atoms with van der Waals surface area (Å²) in [6.07, 6.45) is -2.12. The van der Waals surface area contributed by atoms with Crippen molar-refractivity contribution in [3.63, 3.8) is 0 Å². The van der Waals surface area contributed by atoms with Crippen LogP contribution in [0.3, 0.4) is 0 Å². The second kappa shape index (κ2) is 5.22. The molecule has 1 aliphatic heterocycles. The van der Waals surface area contributed by atoms with Gasteiger partial charge in [-0.25, -0.2) is 13.9 Å². The predicted molar refractivity (Wildman–Crippen MR) is 44.0 cm³/mol. The van der Waals surface area contributed by atoms with E-state index in [0.717, 1.165) is 0 Å². The highest BCUT2D eigenvalue weighted by molar-refractivity contribution is 4.83. The van der Waals surface area contributed by atoms with Gasteiger partial charge in [-0.1, -0.05) is 5.11 Å². The lowest BCUT2D eigenvalue weighted by Crippen LogP contribution is -2.48. The molecule has 1 heterocycles. The summed E-state index contributed by atoms with van der Waals surface area (Å²) in [6.45, 7) is -2.00. The highest BCUT2D eigenvalue weighted by atomic mass is 19.3. The summed E-state index contributed by atoms with van der Waals surface area (Å²) in [6, 6.07) is 0. The van der Waals surface area contributed by atoms with E-state index in [4.69, 9.17) is 15.0 Å². The van der Waals surface area contributed by atoms with Crippen LogP contribution in [0.25, 0.3) is 10.4 Å². The maximum atomic E-state index is 13.2. The molecule has 6 nitrogen and oxygen atoms in total. The third-order valence-corrected chi connectivity index (χ3v) is 1.97. The van der Waals surface area contributed by atoms with Crippen molar-refractivity contribution in [3.8, 4) is 0 Å². The van der Waals surface area contributed by atoms with Gasteiger partial charge in [0.1, 0.15) is 18.8 Å². The van der Waals surface area contributed by atoms with Crippen molar-refractivity contribution in [2.45, 2.75) is 18.1 Å². The number of ether oxygens (including phenoxy) is 2. The van der Waals surface area contributed by atoms with Crippen molar-refractivity contribution >= 4 is 0 Å². The zero-order valence-corrected chi connectivity index (χ0v) is 7.81. The molecule has 0 aromatic rings. The number of nitrogens with zero attached hydrogens (tertiary/aromatic N) is 3. The van der Waals surface area contributed by atoms with Gasteiger partial charge in [-0.15, -0.1) is 0 Å². The van der Waals surface area contributed by atoms with E-state index >= 15 is 0 Å². The zero-order valence-electron chi connectivity index (χ0n) is 7.81. The zero-order chi connectivity index (χ0) is 11.3. The minimum atomic E-state index is -3.26. The molecule has 2 atom stereocenters. The quantitative estimate of drug-likeness (QED) is 0.405. The Kier molecular flexibility index (Phi) is 4.22. The first kappa shape index (κ1) is 12.1. The summed E-state index contributed by atoms with van der Waals surface area (Å²) in [4.78, 5) is 2.25. The van der Waals surface area contributed by atoms with E-state index in [9.17, 15) is 13.9 Å². The molecule has 0 spiro atoms. The average Bonchev–Trinajstić information content (AvgIpc) is 2.26. The molecule has 1 fully saturated rings. The van der Waals surface area contributed by atoms with E-state index < -0.39 is 31.3 Å². The van der Waals surface area contributed by atoms with Gasteiger partial charge in [0.25, 0.3) is 5.92 Å². The molecule has 0 N–H and O–H groups in total. The average molecular weight is 222 g/mol. The van der Waals surface area contributed by atoms with E-state index in [1.54, 1.807) is 0 Å². The second-order valence-corrected chi connectivity index (χ2v) is 3.09. The van der Waals surface area contributed by atoms with E-state index in [-0.39, 0.29) is 13.2 Å². The van der Waals surface area contributed by atoms with Gasteiger partial charge in [-0.3, -0.25) is 0 Å². The van der Waals surface area contributed by atoms with Crippen LogP contribution in [0, 0.1) is 0 Å². The smallest absolute Gasteiger partial charge is 0.281 e. The second-order valence-electron chi connectivity index (χ2n) is 3.09. The monoisotopic (exact) mass is 222 g/mol. The molecule has 0 aromatic heterocycles. The number of rotatable bonds is 4. The maximum absolute atomic E-state index is 13.2. The Labute approximate surface area is 84.4 Å². The van der Waals surface area contributed by atoms with E-state index in [0.29, 0.717) is 0 Å². The predicted octanol–water partition coefficient (Wildman–Crippen LogP) is 1.15. The number of hydrogen-bond donors (Lipinski definition) is 0. The van der Waals surface area contributed by atoms with Crippen LogP contribution in [-0.2, 0) is 14.6 Å². The van der Waals surface area contributed by atoms with Crippen LogP contribution < -0.4 is 0 Å². The summed E-state index contributed by atoms with van der Waals surface area (Å²) >= 11 is 0. The summed E-state index contributed by atoms with van der Waals surface area (Å²) in [5.74, 6) is -3.26. The first-order chi connectivity index (χ1) is 7.10. The van der Waals surface area contributed by atoms with Gasteiger partial charge in [0.2, 0.25) is 0 Å². The van der Waals surface area contributed by atoms with Crippen molar-refractivity contribution < 1.29 is 23.4 Å². The lowest BCUT2D eigenvalue weighted by molar-refractivity contribution is -0.219. The Bertz CT molecular complexity index is 250. The van der Waals surface area contributed by atoms with Crippen molar-refractivity contribution in [2.24, 2.45) is 5.11 Å². The molecular formula is C7H10F2N3O3. The third kappa shape index (κ3) is 3.28. The summed E-state index contributed by atoms with van der Waals surface area (Å²) in [5.41, 5.74) is 7.92. The number of halogens is 2. The minimum absolute atomic E-state index is 0.153. The Hall–Kier alpha value is -0.950. The highest BCUT2D eigenvalue weighted by Gasteiger charge is 2.42. The Balaban J connectivity index is 2.47. The minimum Gasteiger partial charge on any atom is -0.370 e. The van der Waals surface area contributed by atoms with Crippen molar-refractivity contribution in [2.75, 3.05) is 26.4 Å². The molecule has 1 aliphatic rings. The van der Waals surface area contributed by atoms with Crippen LogP contribution in [-0.4, -0.2) is 44.5 Å². The van der Waals surface area contributed by atoms with Crippen LogP contribution in [0.15, 0.2) is 5.11 Å². The Morgan fingerprint density at radius 1 is 1.47 bits per heavy atom. The van der Waals surface area contributed by atoms with Crippen molar-refractivity contribution in [3.05, 3.63) is 10.4 Å². The molecule has 15 heavy (non-hydrogen) atoms. The van der Waals surface area contributed by atoms with Gasteiger partial charge >= 0.3 is 0 Å². The molecule has 2 unspecified atom stereocenters. The molecular weight excluding hydrogens is 212 g/mol. The molecule has 1 saturated heterocycles. The number of hydrogen-bond acceptors (Lipinski definition) is 3. The lowest BCUT2D eigenvalue weighted by atomic mass is 10.2. The number of alkyl halides is 2. The van der Waals surface area contributed by atoms with E-state index in [1.165, 1.54) is 0 Å². The first-order valence-electron chi connectivity index (χ1n) is 4.30. The fraction of sp³-hybridized carbons (Fsp3) is 1.00. The highest BCUT2D eigenvalue weighted by Crippen LogP contribution is 2.25. The number of azide groups is 1. The van der Waals surface area contributed by atoms with Crippen LogP contribution in [0.2, 0.25) is 0 Å². The van der Waals surface area contributed by atoms with Crippen LogP contribution in [0.5, 0.6) is 0 Å². The fourth-order valence-corrected chi connectivity index (χ4v) is 1.11. The Morgan fingerprint density at radius 3 is 2.67 bits per heavy atom. The molecule has 0 amide bonds. The largest absolute Gasteiger partial charge is 0.370 e. The summed E-state index contributed by atoms with van der Waals surface area (Å²) in [5, 5.41) is 13.1. The maximum Gasteiger partial charge on any atom is 0.281 e. The van der Waals surface area contributed by atoms with Crippen LogP contribution in [0.1, 0.15) is 0 Å². The molecule has 0 saturated carbocycles. The van der Waals surface area contributed by atoms with Crippen LogP contribution in [0.4, 0.5) is 8.78 Å². The topological polar surface area (TPSA) is 87.1 Å². The molecule has 1 rings (SSSR count). The first-order valence-corrected chi connectivity index (χ1v) is 4.30. The van der Waals surface area contributed by atoms with E-state index in [1.807, 2.05) is 0 Å². The van der Waals surface area contributed by atoms with E-state index in [2.05, 4.69) is 10.0 Å². The molecule has 8 heteroatoms. The SMILES string of the molecule is [N-]=[N+]=NCC(F)(F)C1COC(C[O])CO1. The molecule has 0 bridgehead atoms. The van der Waals surface area contributed by atoms with Gasteiger partial charge in [0.15, 0.2) is 0 Å². The molecule has 1 radical (unpaired) electrons. The normalized spacial score (nSPS) is 27.1. The van der Waals surface area contributed by atoms with Gasteiger partial charge < -0.3 is 9.47 Å². The van der Waals surface area contributed by atoms with Crippen molar-refractivity contribution in [1.29, 1.82) is 0 Å². The lowest BCUT2D eigenvalue weighted by Gasteiger charge is -2.32.